The van der Waals surface area contributed by atoms with Crippen LogP contribution in [0.1, 0.15) is 37.9 Å². The molecule has 0 aromatic heterocycles. The average molecular weight is 264 g/mol. The van der Waals surface area contributed by atoms with Crippen molar-refractivity contribution in [3.05, 3.63) is 71.8 Å². The highest BCUT2D eigenvalue weighted by Crippen LogP contribution is 2.16. The fraction of sp³-hybridized carbons (Fsp3) is 0.222. The molecule has 20 heavy (non-hydrogen) atoms. The van der Waals surface area contributed by atoms with Crippen LogP contribution in [0.15, 0.2) is 70.6 Å². The summed E-state index contributed by atoms with van der Waals surface area (Å²) in [5.41, 5.74) is 3.33. The van der Waals surface area contributed by atoms with Crippen LogP contribution in [0.25, 0.3) is 0 Å². The summed E-state index contributed by atoms with van der Waals surface area (Å²) in [6, 6.07) is 20.6. The molecule has 0 heterocycles. The van der Waals surface area contributed by atoms with E-state index >= 15 is 0 Å². The summed E-state index contributed by atoms with van der Waals surface area (Å²) >= 11 is 0. The molecule has 0 amide bonds. The number of nitrogens with zero attached hydrogens (tertiary/aromatic N) is 2. The normalized spacial score (nSPS) is 14.2. The molecule has 2 aromatic carbocycles. The molecule has 0 radical (unpaired) electrons. The van der Waals surface area contributed by atoms with E-state index in [9.17, 15) is 0 Å². The van der Waals surface area contributed by atoms with E-state index in [0.717, 1.165) is 17.1 Å². The molecule has 0 aliphatic carbocycles. The van der Waals surface area contributed by atoms with Crippen molar-refractivity contribution in [1.29, 1.82) is 0 Å². The Kier molecular flexibility index (Phi) is 4.83. The Labute approximate surface area is 120 Å². The van der Waals surface area contributed by atoms with Crippen LogP contribution < -0.4 is 0 Å². The summed E-state index contributed by atoms with van der Waals surface area (Å²) in [5, 5.41) is 0. The Morgan fingerprint density at radius 1 is 0.850 bits per heavy atom. The van der Waals surface area contributed by atoms with Crippen LogP contribution >= 0.6 is 0 Å². The van der Waals surface area contributed by atoms with Crippen molar-refractivity contribution in [2.75, 3.05) is 0 Å². The van der Waals surface area contributed by atoms with Gasteiger partial charge in [0.05, 0.1) is 6.04 Å². The average Bonchev–Trinajstić information content (AvgIpc) is 2.49. The van der Waals surface area contributed by atoms with Gasteiger partial charge >= 0.3 is 0 Å². The monoisotopic (exact) mass is 264 g/mol. The maximum atomic E-state index is 4.64. The Bertz CT molecular complexity index is 598. The molecule has 2 nitrogen and oxygen atoms in total. The Morgan fingerprint density at radius 2 is 1.40 bits per heavy atom. The zero-order valence-electron chi connectivity index (χ0n) is 12.2. The standard InChI is InChI=1S/C18H20N2/c1-14(17-10-6-4-7-11-17)19-16(3)20-15(2)18-12-8-5-9-13-18/h4-14H,1-3H3. The molecule has 0 saturated carbocycles. The first-order chi connectivity index (χ1) is 9.66. The van der Waals surface area contributed by atoms with Crippen LogP contribution in [0.4, 0.5) is 0 Å². The minimum Gasteiger partial charge on any atom is -0.263 e. The van der Waals surface area contributed by atoms with Crippen LogP contribution in [-0.2, 0) is 0 Å². The van der Waals surface area contributed by atoms with Crippen LogP contribution in [-0.4, -0.2) is 11.5 Å². The fourth-order valence-electron chi connectivity index (χ4n) is 2.10. The number of rotatable bonds is 3. The lowest BCUT2D eigenvalue weighted by Crippen LogP contribution is -2.00. The molecule has 0 bridgehead atoms. The molecule has 1 atom stereocenters. The van der Waals surface area contributed by atoms with E-state index in [0.29, 0.717) is 0 Å². The number of benzene rings is 2. The lowest BCUT2D eigenvalue weighted by molar-refractivity contribution is 0.817. The molecular formula is C18H20N2. The van der Waals surface area contributed by atoms with Crippen molar-refractivity contribution in [2.24, 2.45) is 9.98 Å². The zero-order valence-corrected chi connectivity index (χ0v) is 12.2. The van der Waals surface area contributed by atoms with Gasteiger partial charge in [0.25, 0.3) is 0 Å². The van der Waals surface area contributed by atoms with Gasteiger partial charge in [0.1, 0.15) is 5.84 Å². The summed E-state index contributed by atoms with van der Waals surface area (Å²) in [4.78, 5) is 9.22. The highest BCUT2D eigenvalue weighted by Gasteiger charge is 2.03. The van der Waals surface area contributed by atoms with Crippen molar-refractivity contribution in [1.82, 2.24) is 0 Å². The van der Waals surface area contributed by atoms with E-state index in [1.165, 1.54) is 5.56 Å². The minimum absolute atomic E-state index is 0.128. The van der Waals surface area contributed by atoms with Gasteiger partial charge in [-0.2, -0.15) is 0 Å². The Morgan fingerprint density at radius 3 is 2.00 bits per heavy atom. The van der Waals surface area contributed by atoms with Gasteiger partial charge in [-0.25, -0.2) is 4.99 Å². The lowest BCUT2D eigenvalue weighted by atomic mass is 10.1. The quantitative estimate of drug-likeness (QED) is 0.568. The van der Waals surface area contributed by atoms with Gasteiger partial charge in [-0.3, -0.25) is 4.99 Å². The summed E-state index contributed by atoms with van der Waals surface area (Å²) in [5.74, 6) is 0.808. The highest BCUT2D eigenvalue weighted by atomic mass is 14.9. The molecule has 0 aliphatic rings. The highest BCUT2D eigenvalue weighted by molar-refractivity contribution is 6.05. The molecule has 0 aliphatic heterocycles. The zero-order chi connectivity index (χ0) is 14.4. The van der Waals surface area contributed by atoms with Gasteiger partial charge in [-0.15, -0.1) is 0 Å². The topological polar surface area (TPSA) is 24.7 Å². The lowest BCUT2D eigenvalue weighted by Gasteiger charge is -2.07. The van der Waals surface area contributed by atoms with Gasteiger partial charge in [0.15, 0.2) is 0 Å². The van der Waals surface area contributed by atoms with Gasteiger partial charge in [-0.05, 0) is 31.9 Å². The van der Waals surface area contributed by atoms with Crippen LogP contribution in [0, 0.1) is 0 Å². The summed E-state index contributed by atoms with van der Waals surface area (Å²) < 4.78 is 0. The van der Waals surface area contributed by atoms with E-state index in [1.807, 2.05) is 50.2 Å². The van der Waals surface area contributed by atoms with Crippen molar-refractivity contribution >= 4 is 11.5 Å². The molecule has 0 spiro atoms. The van der Waals surface area contributed by atoms with E-state index < -0.39 is 0 Å². The van der Waals surface area contributed by atoms with Gasteiger partial charge in [-0.1, -0.05) is 60.7 Å². The Balaban J connectivity index is 2.15. The predicted octanol–water partition coefficient (Wildman–Crippen LogP) is 4.68. The van der Waals surface area contributed by atoms with E-state index in [1.54, 1.807) is 0 Å². The molecule has 102 valence electrons. The van der Waals surface area contributed by atoms with E-state index in [-0.39, 0.29) is 6.04 Å². The van der Waals surface area contributed by atoms with Crippen molar-refractivity contribution in [3.63, 3.8) is 0 Å². The van der Waals surface area contributed by atoms with Crippen molar-refractivity contribution in [2.45, 2.75) is 26.8 Å². The van der Waals surface area contributed by atoms with E-state index in [2.05, 4.69) is 41.2 Å². The third-order valence-electron chi connectivity index (χ3n) is 3.18. The molecular weight excluding hydrogens is 244 g/mol. The molecule has 2 aromatic rings. The summed E-state index contributed by atoms with van der Waals surface area (Å²) in [6.45, 7) is 6.06. The van der Waals surface area contributed by atoms with Crippen LogP contribution in [0.5, 0.6) is 0 Å². The van der Waals surface area contributed by atoms with Crippen LogP contribution in [0.2, 0.25) is 0 Å². The molecule has 1 unspecified atom stereocenters. The molecule has 2 rings (SSSR count). The van der Waals surface area contributed by atoms with Crippen molar-refractivity contribution < 1.29 is 0 Å². The number of amidine groups is 1. The van der Waals surface area contributed by atoms with Crippen LogP contribution in [0.3, 0.4) is 0 Å². The number of hydrogen-bond acceptors (Lipinski definition) is 1. The Hall–Kier alpha value is -2.22. The first-order valence-corrected chi connectivity index (χ1v) is 6.87. The third-order valence-corrected chi connectivity index (χ3v) is 3.18. The largest absolute Gasteiger partial charge is 0.263 e. The summed E-state index contributed by atoms with van der Waals surface area (Å²) in [6.07, 6.45) is 0. The van der Waals surface area contributed by atoms with Gasteiger partial charge in [0, 0.05) is 5.71 Å². The second-order valence-electron chi connectivity index (χ2n) is 4.83. The number of aliphatic imine (C=N–C) groups is 2. The van der Waals surface area contributed by atoms with Gasteiger partial charge in [0.2, 0.25) is 0 Å². The van der Waals surface area contributed by atoms with Gasteiger partial charge < -0.3 is 0 Å². The first-order valence-electron chi connectivity index (χ1n) is 6.87. The third kappa shape index (κ3) is 3.89. The fourth-order valence-corrected chi connectivity index (χ4v) is 2.10. The molecule has 0 N–H and O–H groups in total. The maximum Gasteiger partial charge on any atom is 0.121 e. The SMILES string of the molecule is CC(=NC(C)c1ccccc1)N=C(C)c1ccccc1. The number of hydrogen-bond donors (Lipinski definition) is 0. The first kappa shape index (κ1) is 14.2. The molecule has 0 fully saturated rings. The maximum absolute atomic E-state index is 4.64. The predicted molar refractivity (Wildman–Crippen MR) is 86.6 cm³/mol. The molecule has 2 heteroatoms. The second-order valence-corrected chi connectivity index (χ2v) is 4.83. The summed E-state index contributed by atoms with van der Waals surface area (Å²) in [7, 11) is 0. The second kappa shape index (κ2) is 6.80. The minimum atomic E-state index is 0.128. The van der Waals surface area contributed by atoms with E-state index in [4.69, 9.17) is 0 Å². The smallest absolute Gasteiger partial charge is 0.121 e. The van der Waals surface area contributed by atoms with Crippen molar-refractivity contribution in [3.8, 4) is 0 Å². The molecule has 0 saturated heterocycles.